The van der Waals surface area contributed by atoms with Gasteiger partial charge >= 0.3 is 0 Å². The molecule has 0 spiro atoms. The fraction of sp³-hybridized carbons (Fsp3) is 0.857. The van der Waals surface area contributed by atoms with Crippen LogP contribution in [0.4, 0.5) is 0 Å². The minimum Gasteiger partial charge on any atom is -0.304 e. The summed E-state index contributed by atoms with van der Waals surface area (Å²) in [5, 5.41) is 0. The van der Waals surface area contributed by atoms with E-state index in [4.69, 9.17) is 0 Å². The van der Waals surface area contributed by atoms with Crippen LogP contribution in [0.5, 0.6) is 0 Å². The Morgan fingerprint density at radius 2 is 2.00 bits per heavy atom. The SMILES string of the molecule is CC(=O)C1(C)CN(C)C1. The molecule has 0 bridgehead atoms. The van der Waals surface area contributed by atoms with Crippen LogP contribution >= 0.6 is 0 Å². The Morgan fingerprint density at radius 3 is 2.11 bits per heavy atom. The molecule has 0 aromatic heterocycles. The van der Waals surface area contributed by atoms with E-state index in [0.717, 1.165) is 13.1 Å². The highest BCUT2D eigenvalue weighted by atomic mass is 16.1. The fourth-order valence-corrected chi connectivity index (χ4v) is 1.37. The van der Waals surface area contributed by atoms with Crippen molar-refractivity contribution in [2.45, 2.75) is 13.8 Å². The Morgan fingerprint density at radius 1 is 1.56 bits per heavy atom. The normalized spacial score (nSPS) is 25.2. The Hall–Kier alpha value is -0.370. The molecule has 0 amide bonds. The molecule has 1 fully saturated rings. The topological polar surface area (TPSA) is 20.3 Å². The molecule has 0 atom stereocenters. The van der Waals surface area contributed by atoms with Crippen LogP contribution in [0.3, 0.4) is 0 Å². The van der Waals surface area contributed by atoms with Crippen molar-refractivity contribution < 1.29 is 4.79 Å². The highest BCUT2D eigenvalue weighted by Crippen LogP contribution is 2.28. The van der Waals surface area contributed by atoms with Gasteiger partial charge in [-0.25, -0.2) is 0 Å². The first kappa shape index (κ1) is 6.75. The van der Waals surface area contributed by atoms with Gasteiger partial charge in [-0.2, -0.15) is 0 Å². The quantitative estimate of drug-likeness (QED) is 0.512. The predicted octanol–water partition coefficient (Wildman–Crippen LogP) is 0.527. The molecule has 1 rings (SSSR count). The molecule has 52 valence electrons. The Bertz CT molecular complexity index is 136. The van der Waals surface area contributed by atoms with Crippen LogP contribution in [-0.4, -0.2) is 30.8 Å². The van der Waals surface area contributed by atoms with Crippen molar-refractivity contribution in [2.75, 3.05) is 20.1 Å². The largest absolute Gasteiger partial charge is 0.304 e. The molecule has 2 nitrogen and oxygen atoms in total. The molecule has 9 heavy (non-hydrogen) atoms. The number of Topliss-reactive ketones (excluding diaryl/α,β-unsaturated/α-hetero) is 1. The lowest BCUT2D eigenvalue weighted by Gasteiger charge is -2.44. The van der Waals surface area contributed by atoms with Crippen LogP contribution in [0.15, 0.2) is 0 Å². The number of hydrogen-bond acceptors (Lipinski definition) is 2. The lowest BCUT2D eigenvalue weighted by molar-refractivity contribution is -0.133. The lowest BCUT2D eigenvalue weighted by Crippen LogP contribution is -2.56. The molecule has 1 saturated heterocycles. The lowest BCUT2D eigenvalue weighted by atomic mass is 9.79. The maximum Gasteiger partial charge on any atom is 0.138 e. The summed E-state index contributed by atoms with van der Waals surface area (Å²) < 4.78 is 0. The first-order valence-electron chi connectivity index (χ1n) is 3.24. The summed E-state index contributed by atoms with van der Waals surface area (Å²) in [6.07, 6.45) is 0. The van der Waals surface area contributed by atoms with Gasteiger partial charge in [-0.3, -0.25) is 4.79 Å². The van der Waals surface area contributed by atoms with Gasteiger partial charge in [0.15, 0.2) is 0 Å². The average Bonchev–Trinajstić information content (AvgIpc) is 1.62. The number of carbonyl (C=O) groups is 1. The number of hydrogen-bond donors (Lipinski definition) is 0. The summed E-state index contributed by atoms with van der Waals surface area (Å²) in [7, 11) is 2.03. The maximum atomic E-state index is 10.9. The van der Waals surface area contributed by atoms with Gasteiger partial charge in [-0.05, 0) is 14.0 Å². The maximum absolute atomic E-state index is 10.9. The minimum atomic E-state index is -0.0191. The molecular formula is C7H13NO. The summed E-state index contributed by atoms with van der Waals surface area (Å²) >= 11 is 0. The number of carbonyl (C=O) groups excluding carboxylic acids is 1. The Balaban J connectivity index is 2.50. The molecule has 0 saturated carbocycles. The van der Waals surface area contributed by atoms with Crippen molar-refractivity contribution in [3.05, 3.63) is 0 Å². The second kappa shape index (κ2) is 1.81. The summed E-state index contributed by atoms with van der Waals surface area (Å²) in [5.74, 6) is 0.320. The summed E-state index contributed by atoms with van der Waals surface area (Å²) in [6.45, 7) is 5.56. The van der Waals surface area contributed by atoms with E-state index in [9.17, 15) is 4.79 Å². The van der Waals surface area contributed by atoms with Gasteiger partial charge in [0.1, 0.15) is 5.78 Å². The summed E-state index contributed by atoms with van der Waals surface area (Å²) in [6, 6.07) is 0. The number of rotatable bonds is 1. The van der Waals surface area contributed by atoms with E-state index < -0.39 is 0 Å². The molecule has 1 aliphatic rings. The van der Waals surface area contributed by atoms with Crippen molar-refractivity contribution in [1.29, 1.82) is 0 Å². The molecule has 0 aromatic rings. The van der Waals surface area contributed by atoms with Gasteiger partial charge in [0.05, 0.1) is 5.41 Å². The smallest absolute Gasteiger partial charge is 0.138 e. The van der Waals surface area contributed by atoms with Gasteiger partial charge in [-0.15, -0.1) is 0 Å². The van der Waals surface area contributed by atoms with Crippen molar-refractivity contribution in [1.82, 2.24) is 4.90 Å². The molecule has 0 aromatic carbocycles. The molecule has 1 heterocycles. The molecule has 0 aliphatic carbocycles. The number of ketones is 1. The fourth-order valence-electron chi connectivity index (χ4n) is 1.37. The van der Waals surface area contributed by atoms with Crippen molar-refractivity contribution in [3.63, 3.8) is 0 Å². The van der Waals surface area contributed by atoms with Crippen molar-refractivity contribution >= 4 is 5.78 Å². The van der Waals surface area contributed by atoms with Crippen LogP contribution in [0.1, 0.15) is 13.8 Å². The van der Waals surface area contributed by atoms with Gasteiger partial charge in [0.25, 0.3) is 0 Å². The molecule has 0 N–H and O–H groups in total. The minimum absolute atomic E-state index is 0.0191. The predicted molar refractivity (Wildman–Crippen MR) is 36.3 cm³/mol. The zero-order valence-electron chi connectivity index (χ0n) is 6.27. The standard InChI is InChI=1S/C7H13NO/c1-6(9)7(2)4-8(3)5-7/h4-5H2,1-3H3. The van der Waals surface area contributed by atoms with E-state index >= 15 is 0 Å². The first-order chi connectivity index (χ1) is 4.04. The Labute approximate surface area is 55.8 Å². The third-order valence-corrected chi connectivity index (χ3v) is 2.09. The zero-order valence-corrected chi connectivity index (χ0v) is 6.27. The third kappa shape index (κ3) is 0.990. The number of nitrogens with zero attached hydrogens (tertiary/aromatic N) is 1. The van der Waals surface area contributed by atoms with Crippen LogP contribution in [0, 0.1) is 5.41 Å². The van der Waals surface area contributed by atoms with E-state index in [1.54, 1.807) is 6.92 Å². The van der Waals surface area contributed by atoms with Crippen LogP contribution in [-0.2, 0) is 4.79 Å². The average molecular weight is 127 g/mol. The van der Waals surface area contributed by atoms with E-state index in [-0.39, 0.29) is 5.41 Å². The summed E-state index contributed by atoms with van der Waals surface area (Å²) in [4.78, 5) is 13.0. The molecule has 1 aliphatic heterocycles. The second-order valence-electron chi connectivity index (χ2n) is 3.29. The van der Waals surface area contributed by atoms with Crippen LogP contribution in [0.25, 0.3) is 0 Å². The van der Waals surface area contributed by atoms with E-state index in [1.807, 2.05) is 14.0 Å². The zero-order chi connectivity index (χ0) is 7.07. The first-order valence-corrected chi connectivity index (χ1v) is 3.24. The van der Waals surface area contributed by atoms with Gasteiger partial charge < -0.3 is 4.90 Å². The van der Waals surface area contributed by atoms with Gasteiger partial charge in [0.2, 0.25) is 0 Å². The number of likely N-dealkylation sites (tertiary alicyclic amines) is 1. The van der Waals surface area contributed by atoms with Crippen LogP contribution in [0.2, 0.25) is 0 Å². The van der Waals surface area contributed by atoms with E-state index in [0.29, 0.717) is 5.78 Å². The molecular weight excluding hydrogens is 114 g/mol. The molecule has 0 radical (unpaired) electrons. The van der Waals surface area contributed by atoms with Crippen molar-refractivity contribution in [3.8, 4) is 0 Å². The van der Waals surface area contributed by atoms with Crippen LogP contribution < -0.4 is 0 Å². The van der Waals surface area contributed by atoms with E-state index in [2.05, 4.69) is 4.90 Å². The Kier molecular flexibility index (Phi) is 1.35. The second-order valence-corrected chi connectivity index (χ2v) is 3.29. The summed E-state index contributed by atoms with van der Waals surface area (Å²) in [5.41, 5.74) is -0.0191. The highest BCUT2D eigenvalue weighted by Gasteiger charge is 2.40. The molecule has 0 unspecified atom stereocenters. The van der Waals surface area contributed by atoms with E-state index in [1.165, 1.54) is 0 Å². The van der Waals surface area contributed by atoms with Gasteiger partial charge in [-0.1, -0.05) is 6.92 Å². The van der Waals surface area contributed by atoms with Gasteiger partial charge in [0, 0.05) is 13.1 Å². The molecule has 2 heteroatoms. The monoisotopic (exact) mass is 127 g/mol. The highest BCUT2D eigenvalue weighted by molar-refractivity contribution is 5.83. The third-order valence-electron chi connectivity index (χ3n) is 2.09. The van der Waals surface area contributed by atoms with Crippen molar-refractivity contribution in [2.24, 2.45) is 5.41 Å².